The number of ether oxygens (including phenoxy) is 1. The van der Waals surface area contributed by atoms with Crippen molar-refractivity contribution in [2.24, 2.45) is 0 Å². The number of halogens is 2. The normalized spacial score (nSPS) is 17.2. The van der Waals surface area contributed by atoms with Gasteiger partial charge in [0.05, 0.1) is 18.9 Å². The molecule has 0 radical (unpaired) electrons. The van der Waals surface area contributed by atoms with Crippen LogP contribution in [0.3, 0.4) is 0 Å². The van der Waals surface area contributed by atoms with Gasteiger partial charge in [0.25, 0.3) is 0 Å². The molecule has 1 saturated heterocycles. The van der Waals surface area contributed by atoms with Gasteiger partial charge in [-0.25, -0.2) is 9.37 Å². The zero-order valence-electron chi connectivity index (χ0n) is 13.2. The minimum absolute atomic E-state index is 0. The fraction of sp³-hybridized carbons (Fsp3) is 0.375. The van der Waals surface area contributed by atoms with E-state index in [4.69, 9.17) is 4.74 Å². The van der Waals surface area contributed by atoms with E-state index in [9.17, 15) is 9.18 Å². The highest BCUT2D eigenvalue weighted by molar-refractivity contribution is 7.15. The summed E-state index contributed by atoms with van der Waals surface area (Å²) in [7, 11) is 0. The average molecular weight is 372 g/mol. The molecule has 2 N–H and O–H groups in total. The Hall–Kier alpha value is -1.54. The number of nitrogens with zero attached hydrogens (tertiary/aromatic N) is 1. The summed E-state index contributed by atoms with van der Waals surface area (Å²) in [6, 6.07) is 6.33. The summed E-state index contributed by atoms with van der Waals surface area (Å²) in [6.45, 7) is 3.50. The first-order chi connectivity index (χ1) is 11.1. The molecule has 8 heteroatoms. The molecule has 5 nitrogen and oxygen atoms in total. The van der Waals surface area contributed by atoms with Crippen LogP contribution in [0, 0.1) is 12.7 Å². The molecule has 0 saturated carbocycles. The van der Waals surface area contributed by atoms with Gasteiger partial charge in [-0.1, -0.05) is 18.2 Å². The van der Waals surface area contributed by atoms with Crippen LogP contribution < -0.4 is 10.6 Å². The summed E-state index contributed by atoms with van der Waals surface area (Å²) in [4.78, 5) is 17.5. The molecule has 0 bridgehead atoms. The van der Waals surface area contributed by atoms with Crippen molar-refractivity contribution in [3.63, 3.8) is 0 Å². The second-order valence-electron chi connectivity index (χ2n) is 5.37. The maximum absolute atomic E-state index is 13.8. The molecule has 1 aliphatic heterocycles. The van der Waals surface area contributed by atoms with E-state index in [-0.39, 0.29) is 30.2 Å². The van der Waals surface area contributed by atoms with Crippen LogP contribution in [0.4, 0.5) is 9.52 Å². The lowest BCUT2D eigenvalue weighted by Gasteiger charge is -2.22. The van der Waals surface area contributed by atoms with Gasteiger partial charge in [0.2, 0.25) is 5.91 Å². The fourth-order valence-electron chi connectivity index (χ4n) is 2.39. The Kier molecular flexibility index (Phi) is 6.68. The quantitative estimate of drug-likeness (QED) is 0.867. The van der Waals surface area contributed by atoms with Crippen molar-refractivity contribution in [1.29, 1.82) is 0 Å². The number of aryl methyl sites for hydroxylation is 1. The number of thiazole rings is 1. The van der Waals surface area contributed by atoms with Crippen molar-refractivity contribution in [1.82, 2.24) is 10.3 Å². The van der Waals surface area contributed by atoms with Crippen LogP contribution in [0.5, 0.6) is 0 Å². The molecular weight excluding hydrogens is 353 g/mol. The molecule has 3 rings (SSSR count). The van der Waals surface area contributed by atoms with Crippen LogP contribution in [-0.4, -0.2) is 36.7 Å². The Bertz CT molecular complexity index is 704. The van der Waals surface area contributed by atoms with Gasteiger partial charge in [0, 0.05) is 17.8 Å². The number of amides is 1. The number of benzene rings is 1. The highest BCUT2D eigenvalue weighted by atomic mass is 35.5. The van der Waals surface area contributed by atoms with E-state index in [1.54, 1.807) is 12.1 Å². The molecule has 0 spiro atoms. The molecule has 0 aliphatic carbocycles. The van der Waals surface area contributed by atoms with Gasteiger partial charge in [-0.15, -0.1) is 23.7 Å². The van der Waals surface area contributed by atoms with Crippen molar-refractivity contribution < 1.29 is 13.9 Å². The van der Waals surface area contributed by atoms with E-state index < -0.39 is 0 Å². The minimum atomic E-state index is -0.358. The van der Waals surface area contributed by atoms with Crippen LogP contribution in [0.15, 0.2) is 24.3 Å². The maximum Gasteiger partial charge on any atom is 0.245 e. The third-order valence-electron chi connectivity index (χ3n) is 3.67. The van der Waals surface area contributed by atoms with E-state index in [1.165, 1.54) is 17.4 Å². The predicted molar refractivity (Wildman–Crippen MR) is 94.5 cm³/mol. The van der Waals surface area contributed by atoms with E-state index in [2.05, 4.69) is 15.6 Å². The predicted octanol–water partition coefficient (Wildman–Crippen LogP) is 2.53. The number of morpholine rings is 1. The summed E-state index contributed by atoms with van der Waals surface area (Å²) < 4.78 is 19.0. The van der Waals surface area contributed by atoms with Gasteiger partial charge in [0.1, 0.15) is 11.9 Å². The van der Waals surface area contributed by atoms with Crippen molar-refractivity contribution >= 4 is 34.8 Å². The lowest BCUT2D eigenvalue weighted by Crippen LogP contribution is -2.48. The van der Waals surface area contributed by atoms with Gasteiger partial charge in [-0.3, -0.25) is 4.79 Å². The fourth-order valence-corrected chi connectivity index (χ4v) is 3.38. The molecule has 130 valence electrons. The molecule has 24 heavy (non-hydrogen) atoms. The first-order valence-corrected chi connectivity index (χ1v) is 8.27. The molecule has 1 amide bonds. The zero-order valence-corrected chi connectivity index (χ0v) is 14.8. The molecular formula is C16H19ClFN3O2S. The molecule has 1 fully saturated rings. The van der Waals surface area contributed by atoms with Gasteiger partial charge in [-0.2, -0.15) is 0 Å². The molecule has 2 heterocycles. The number of aromatic nitrogens is 1. The van der Waals surface area contributed by atoms with Crippen LogP contribution in [-0.2, 0) is 16.0 Å². The number of nitrogens with one attached hydrogen (secondary N) is 2. The van der Waals surface area contributed by atoms with Crippen molar-refractivity contribution in [3.05, 3.63) is 46.2 Å². The highest BCUT2D eigenvalue weighted by Crippen LogP contribution is 2.26. The summed E-state index contributed by atoms with van der Waals surface area (Å²) in [5.74, 6) is -0.384. The van der Waals surface area contributed by atoms with Gasteiger partial charge in [0.15, 0.2) is 5.13 Å². The van der Waals surface area contributed by atoms with E-state index in [0.29, 0.717) is 36.9 Å². The third-order valence-corrected chi connectivity index (χ3v) is 4.74. The minimum Gasteiger partial charge on any atom is -0.378 e. The Balaban J connectivity index is 0.00000208. The lowest BCUT2D eigenvalue weighted by atomic mass is 10.1. The molecule has 2 aromatic rings. The smallest absolute Gasteiger partial charge is 0.245 e. The lowest BCUT2D eigenvalue weighted by molar-refractivity contribution is -0.120. The van der Waals surface area contributed by atoms with Crippen molar-refractivity contribution in [2.45, 2.75) is 19.4 Å². The number of hydrogen-bond acceptors (Lipinski definition) is 5. The molecule has 1 unspecified atom stereocenters. The van der Waals surface area contributed by atoms with Crippen LogP contribution in [0.25, 0.3) is 0 Å². The number of anilines is 1. The van der Waals surface area contributed by atoms with E-state index in [1.807, 2.05) is 13.0 Å². The first kappa shape index (κ1) is 18.8. The monoisotopic (exact) mass is 371 g/mol. The highest BCUT2D eigenvalue weighted by Gasteiger charge is 2.22. The zero-order chi connectivity index (χ0) is 16.2. The second-order valence-corrected chi connectivity index (χ2v) is 6.45. The average Bonchev–Trinajstić information content (AvgIpc) is 2.90. The SMILES string of the molecule is Cc1nc(NC(=O)C2COCCN2)sc1Cc1ccccc1F.Cl. The van der Waals surface area contributed by atoms with Gasteiger partial charge >= 0.3 is 0 Å². The number of carbonyl (C=O) groups is 1. The number of carbonyl (C=O) groups excluding carboxylic acids is 1. The van der Waals surface area contributed by atoms with Crippen molar-refractivity contribution in [3.8, 4) is 0 Å². The maximum atomic E-state index is 13.8. The topological polar surface area (TPSA) is 63.2 Å². The van der Waals surface area contributed by atoms with E-state index in [0.717, 1.165) is 10.6 Å². The third kappa shape index (κ3) is 4.51. The first-order valence-electron chi connectivity index (χ1n) is 7.45. The Labute approximate surface area is 150 Å². The Morgan fingerprint density at radius 3 is 3.00 bits per heavy atom. The Morgan fingerprint density at radius 1 is 1.50 bits per heavy atom. The molecule has 1 aromatic carbocycles. The van der Waals surface area contributed by atoms with Crippen LogP contribution >= 0.6 is 23.7 Å². The van der Waals surface area contributed by atoms with Gasteiger partial charge < -0.3 is 15.4 Å². The summed E-state index contributed by atoms with van der Waals surface area (Å²) in [5, 5.41) is 6.44. The number of hydrogen-bond donors (Lipinski definition) is 2. The van der Waals surface area contributed by atoms with E-state index >= 15 is 0 Å². The van der Waals surface area contributed by atoms with Gasteiger partial charge in [-0.05, 0) is 18.6 Å². The molecule has 1 aliphatic rings. The van der Waals surface area contributed by atoms with Crippen LogP contribution in [0.1, 0.15) is 16.1 Å². The Morgan fingerprint density at radius 2 is 2.29 bits per heavy atom. The second kappa shape index (κ2) is 8.53. The summed E-state index contributed by atoms with van der Waals surface area (Å²) >= 11 is 1.38. The van der Waals surface area contributed by atoms with Crippen LogP contribution in [0.2, 0.25) is 0 Å². The number of rotatable bonds is 4. The summed E-state index contributed by atoms with van der Waals surface area (Å²) in [6.07, 6.45) is 0.469. The largest absolute Gasteiger partial charge is 0.378 e. The molecule has 1 atom stereocenters. The molecule has 1 aromatic heterocycles. The van der Waals surface area contributed by atoms with Crippen molar-refractivity contribution in [2.75, 3.05) is 25.1 Å². The summed E-state index contributed by atoms with van der Waals surface area (Å²) in [5.41, 5.74) is 1.43. The standard InChI is InChI=1S/C16H18FN3O2S.ClH/c1-10-14(8-11-4-2-3-5-12(11)17)23-16(19-10)20-15(21)13-9-22-7-6-18-13;/h2-5,13,18H,6-9H2,1H3,(H,19,20,21);1H.